The molecule has 0 unspecified atom stereocenters. The van der Waals surface area contributed by atoms with Crippen LogP contribution in [0.2, 0.25) is 0 Å². The number of ether oxygens (including phenoxy) is 2. The molecular formula is C26H29N7O3. The van der Waals surface area contributed by atoms with Gasteiger partial charge in [0.1, 0.15) is 18.2 Å². The minimum absolute atomic E-state index is 0.138. The van der Waals surface area contributed by atoms with Gasteiger partial charge in [-0.15, -0.1) is 0 Å². The highest BCUT2D eigenvalue weighted by Gasteiger charge is 2.53. The first-order valence-corrected chi connectivity index (χ1v) is 11.7. The van der Waals surface area contributed by atoms with Crippen molar-refractivity contribution in [3.63, 3.8) is 0 Å². The van der Waals surface area contributed by atoms with Crippen molar-refractivity contribution in [3.8, 4) is 5.75 Å². The Morgan fingerprint density at radius 1 is 1.14 bits per heavy atom. The van der Waals surface area contributed by atoms with E-state index in [-0.39, 0.29) is 17.2 Å². The number of nitrogens with zero attached hydrogens (tertiary/aromatic N) is 5. The zero-order valence-corrected chi connectivity index (χ0v) is 20.6. The van der Waals surface area contributed by atoms with Crippen molar-refractivity contribution in [1.82, 2.24) is 20.1 Å². The fourth-order valence-corrected chi connectivity index (χ4v) is 4.86. The summed E-state index contributed by atoms with van der Waals surface area (Å²) in [4.78, 5) is 20.1. The average molecular weight is 488 g/mol. The van der Waals surface area contributed by atoms with Gasteiger partial charge in [-0.05, 0) is 49.7 Å². The largest absolute Gasteiger partial charge is 0.489 e. The van der Waals surface area contributed by atoms with Crippen molar-refractivity contribution < 1.29 is 14.3 Å². The van der Waals surface area contributed by atoms with Crippen molar-refractivity contribution in [1.29, 1.82) is 5.41 Å². The lowest BCUT2D eigenvalue weighted by Crippen LogP contribution is -2.73. The number of benzene rings is 1. The van der Waals surface area contributed by atoms with E-state index in [0.29, 0.717) is 42.3 Å². The van der Waals surface area contributed by atoms with Gasteiger partial charge in [0.25, 0.3) is 0 Å². The van der Waals surface area contributed by atoms with Crippen LogP contribution >= 0.6 is 0 Å². The Morgan fingerprint density at radius 3 is 2.58 bits per heavy atom. The third-order valence-corrected chi connectivity index (χ3v) is 6.95. The number of nitrogens with two attached hydrogens (primary N) is 1. The molecule has 4 heterocycles. The molecule has 2 aromatic heterocycles. The fourth-order valence-electron chi connectivity index (χ4n) is 4.86. The molecular weight excluding hydrogens is 458 g/mol. The maximum Gasteiger partial charge on any atom is 0.409 e. The first-order valence-electron chi connectivity index (χ1n) is 11.7. The average Bonchev–Trinajstić information content (AvgIpc) is 2.82. The van der Waals surface area contributed by atoms with E-state index in [1.165, 1.54) is 7.11 Å². The quantitative estimate of drug-likeness (QED) is 0.401. The summed E-state index contributed by atoms with van der Waals surface area (Å²) in [5, 5.41) is 16.8. The van der Waals surface area contributed by atoms with E-state index in [9.17, 15) is 4.79 Å². The van der Waals surface area contributed by atoms with Crippen LogP contribution in [0.3, 0.4) is 0 Å². The first-order chi connectivity index (χ1) is 17.3. The van der Waals surface area contributed by atoms with Crippen LogP contribution in [0.25, 0.3) is 0 Å². The van der Waals surface area contributed by atoms with E-state index in [1.807, 2.05) is 26.0 Å². The van der Waals surface area contributed by atoms with Gasteiger partial charge in [-0.2, -0.15) is 10.2 Å². The molecule has 0 radical (unpaired) electrons. The number of nitrogens with one attached hydrogen (secondary N) is 1. The lowest BCUT2D eigenvalue weighted by atomic mass is 9.73. The van der Waals surface area contributed by atoms with Gasteiger partial charge in [-0.25, -0.2) is 9.78 Å². The molecule has 3 N–H and O–H groups in total. The van der Waals surface area contributed by atoms with Crippen molar-refractivity contribution in [2.24, 2.45) is 5.41 Å². The van der Waals surface area contributed by atoms with E-state index in [1.54, 1.807) is 35.5 Å². The lowest BCUT2D eigenvalue weighted by Gasteiger charge is -2.59. The van der Waals surface area contributed by atoms with Gasteiger partial charge in [0.15, 0.2) is 0 Å². The highest BCUT2D eigenvalue weighted by Crippen LogP contribution is 2.41. The maximum absolute atomic E-state index is 11.6. The van der Waals surface area contributed by atoms with Gasteiger partial charge in [-0.1, -0.05) is 0 Å². The van der Waals surface area contributed by atoms with Gasteiger partial charge < -0.3 is 25.0 Å². The molecule has 186 valence electrons. The standard InChI is InChI=1S/C26H29N7O3/c1-16-9-30-31-17(2)21(16)11-36-19-5-6-22(27)20(8-19)24(28)18-4-7-23(29-10-18)32-12-26(13-32)14-33(15-26)25(34)35-3/h4-10,28H,11-15,27H2,1-3H3. The summed E-state index contributed by atoms with van der Waals surface area (Å²) in [7, 11) is 1.41. The Labute approximate surface area is 209 Å². The number of carbonyl (C=O) groups excluding carboxylic acids is 1. The third kappa shape index (κ3) is 4.30. The zero-order valence-electron chi connectivity index (χ0n) is 20.6. The maximum atomic E-state index is 11.6. The van der Waals surface area contributed by atoms with Gasteiger partial charge >= 0.3 is 6.09 Å². The van der Waals surface area contributed by atoms with E-state index < -0.39 is 0 Å². The molecule has 5 rings (SSSR count). The lowest BCUT2D eigenvalue weighted by molar-refractivity contribution is -0.0153. The van der Waals surface area contributed by atoms with Crippen LogP contribution < -0.4 is 15.4 Å². The predicted octanol–water partition coefficient (Wildman–Crippen LogP) is 2.95. The van der Waals surface area contributed by atoms with Gasteiger partial charge in [0, 0.05) is 60.2 Å². The van der Waals surface area contributed by atoms with Crippen molar-refractivity contribution >= 4 is 23.3 Å². The molecule has 1 spiro atoms. The van der Waals surface area contributed by atoms with Crippen molar-refractivity contribution in [2.75, 3.05) is 43.9 Å². The van der Waals surface area contributed by atoms with Crippen LogP contribution in [0.5, 0.6) is 5.75 Å². The number of amides is 1. The summed E-state index contributed by atoms with van der Waals surface area (Å²) in [6.45, 7) is 7.37. The van der Waals surface area contributed by atoms with Crippen molar-refractivity contribution in [2.45, 2.75) is 20.5 Å². The highest BCUT2D eigenvalue weighted by atomic mass is 16.5. The molecule has 1 amide bonds. The molecule has 0 saturated carbocycles. The molecule has 1 aromatic carbocycles. The number of rotatable bonds is 6. The highest BCUT2D eigenvalue weighted by molar-refractivity contribution is 6.13. The molecule has 10 nitrogen and oxygen atoms in total. The van der Waals surface area contributed by atoms with Gasteiger partial charge in [0.2, 0.25) is 0 Å². The summed E-state index contributed by atoms with van der Waals surface area (Å²) in [6, 6.07) is 9.15. The van der Waals surface area contributed by atoms with Crippen LogP contribution in [0.15, 0.2) is 42.7 Å². The summed E-state index contributed by atoms with van der Waals surface area (Å²) < 4.78 is 10.8. The summed E-state index contributed by atoms with van der Waals surface area (Å²) in [5.74, 6) is 1.48. The smallest absolute Gasteiger partial charge is 0.409 e. The summed E-state index contributed by atoms with van der Waals surface area (Å²) in [5.41, 5.74) is 11.2. The van der Waals surface area contributed by atoms with Crippen molar-refractivity contribution in [3.05, 3.63) is 70.7 Å². The van der Waals surface area contributed by atoms with E-state index in [2.05, 4.69) is 20.1 Å². The molecule has 0 atom stereocenters. The molecule has 2 aliphatic heterocycles. The Hall–Kier alpha value is -4.21. The molecule has 10 heteroatoms. The van der Waals surface area contributed by atoms with Crippen LogP contribution in [0.1, 0.15) is 27.9 Å². The first kappa shape index (κ1) is 23.5. The van der Waals surface area contributed by atoms with Crippen LogP contribution in [-0.4, -0.2) is 65.2 Å². The molecule has 0 bridgehead atoms. The number of pyridine rings is 1. The van der Waals surface area contributed by atoms with E-state index in [4.69, 9.17) is 20.6 Å². The molecule has 36 heavy (non-hydrogen) atoms. The second-order valence-corrected chi connectivity index (χ2v) is 9.59. The number of hydrogen-bond acceptors (Lipinski definition) is 9. The number of hydrogen-bond donors (Lipinski definition) is 2. The van der Waals surface area contributed by atoms with Crippen LogP contribution in [-0.2, 0) is 11.3 Å². The number of aryl methyl sites for hydroxylation is 2. The predicted molar refractivity (Wildman–Crippen MR) is 135 cm³/mol. The number of methoxy groups -OCH3 is 1. The molecule has 3 aromatic rings. The topological polar surface area (TPSA) is 131 Å². The summed E-state index contributed by atoms with van der Waals surface area (Å²) in [6.07, 6.45) is 3.15. The zero-order chi connectivity index (χ0) is 25.4. The third-order valence-electron chi connectivity index (χ3n) is 6.95. The Bertz CT molecular complexity index is 1290. The molecule has 2 saturated heterocycles. The monoisotopic (exact) mass is 487 g/mol. The van der Waals surface area contributed by atoms with Gasteiger partial charge in [0.05, 0.1) is 24.7 Å². The molecule has 2 aliphatic rings. The minimum atomic E-state index is -0.270. The second kappa shape index (κ2) is 9.10. The fraction of sp³-hybridized carbons (Fsp3) is 0.346. The summed E-state index contributed by atoms with van der Waals surface area (Å²) >= 11 is 0. The van der Waals surface area contributed by atoms with Crippen LogP contribution in [0, 0.1) is 24.7 Å². The second-order valence-electron chi connectivity index (χ2n) is 9.59. The number of likely N-dealkylation sites (tertiary alicyclic amines) is 1. The minimum Gasteiger partial charge on any atom is -0.489 e. The number of anilines is 2. The van der Waals surface area contributed by atoms with Crippen LogP contribution in [0.4, 0.5) is 16.3 Å². The SMILES string of the molecule is COC(=O)N1CC2(C1)CN(c1ccc(C(=N)c3cc(OCc4c(C)cnnc4C)ccc3N)cn1)C2. The Balaban J connectivity index is 1.23. The van der Waals surface area contributed by atoms with E-state index >= 15 is 0 Å². The Kier molecular flexibility index (Phi) is 5.95. The molecule has 0 aliphatic carbocycles. The number of carbonyl (C=O) groups is 1. The van der Waals surface area contributed by atoms with Gasteiger partial charge in [-0.3, -0.25) is 5.41 Å². The van der Waals surface area contributed by atoms with E-state index in [0.717, 1.165) is 35.7 Å². The number of aromatic nitrogens is 3. The Morgan fingerprint density at radius 2 is 1.92 bits per heavy atom. The molecule has 2 fully saturated rings. The number of nitrogen functional groups attached to an aromatic ring is 1. The normalized spacial score (nSPS) is 15.8.